The van der Waals surface area contributed by atoms with Crippen LogP contribution >= 0.6 is 9.24 Å². The highest BCUT2D eigenvalue weighted by Gasteiger charge is 2.18. The van der Waals surface area contributed by atoms with Gasteiger partial charge in [-0.2, -0.15) is 0 Å². The van der Waals surface area contributed by atoms with Gasteiger partial charge in [-0.1, -0.05) is 53.2 Å². The van der Waals surface area contributed by atoms with E-state index in [0.717, 1.165) is 5.57 Å². The fourth-order valence-corrected chi connectivity index (χ4v) is 3.47. The van der Waals surface area contributed by atoms with Crippen LogP contribution in [0.15, 0.2) is 47.8 Å². The summed E-state index contributed by atoms with van der Waals surface area (Å²) in [5.74, 6) is -0.291. The SMILES string of the molecule is CC(C)C(/C=C(\N)c1c(F)cccc1P)=C(/N)C(C)c1ccnc(NC[C@H](O)CO)n1.CCC. The maximum Gasteiger partial charge on any atom is 0.222 e. The highest BCUT2D eigenvalue weighted by atomic mass is 31.0. The minimum absolute atomic E-state index is 0.0415. The van der Waals surface area contributed by atoms with Gasteiger partial charge in [-0.25, -0.2) is 14.4 Å². The third-order valence-electron chi connectivity index (χ3n) is 4.89. The van der Waals surface area contributed by atoms with Crippen molar-refractivity contribution in [2.45, 2.75) is 53.1 Å². The number of allylic oxidation sites excluding steroid dienone is 3. The number of nitrogens with zero attached hydrogens (tertiary/aromatic N) is 2. The van der Waals surface area contributed by atoms with Crippen molar-refractivity contribution < 1.29 is 14.6 Å². The van der Waals surface area contributed by atoms with Crippen LogP contribution in [0.25, 0.3) is 5.70 Å². The molecule has 0 aliphatic rings. The van der Waals surface area contributed by atoms with E-state index in [-0.39, 0.29) is 25.0 Å². The Morgan fingerprint density at radius 3 is 2.41 bits per heavy atom. The molecule has 3 atom stereocenters. The molecule has 2 aromatic rings. The molecule has 7 nitrogen and oxygen atoms in total. The molecule has 34 heavy (non-hydrogen) atoms. The largest absolute Gasteiger partial charge is 0.401 e. The molecule has 2 rings (SSSR count). The van der Waals surface area contributed by atoms with Crippen molar-refractivity contribution in [2.75, 3.05) is 18.5 Å². The van der Waals surface area contributed by atoms with Gasteiger partial charge in [0.15, 0.2) is 0 Å². The van der Waals surface area contributed by atoms with Gasteiger partial charge in [0.1, 0.15) is 5.82 Å². The van der Waals surface area contributed by atoms with Crippen LogP contribution in [0.2, 0.25) is 0 Å². The van der Waals surface area contributed by atoms with E-state index >= 15 is 0 Å². The van der Waals surface area contributed by atoms with Crippen molar-refractivity contribution >= 4 is 26.2 Å². The second kappa shape index (κ2) is 14.7. The zero-order valence-electron chi connectivity index (χ0n) is 20.7. The van der Waals surface area contributed by atoms with Crippen molar-refractivity contribution in [3.8, 4) is 0 Å². The standard InChI is InChI=1S/C22H31FN5O2P.C3H8/c1-12(2)15(9-17(24)20-16(23)5-4-6-19(20)31)21(25)13(3)18-7-8-26-22(28-18)27-10-14(30)11-29;1-3-2/h4-9,12-14,29-30H,10-11,24-25,31H2,1-3H3,(H,26,27,28);3H2,1-2H3/b17-9-,21-15+;/t13?,14-;/m0./s1. The van der Waals surface area contributed by atoms with Gasteiger partial charge in [-0.05, 0) is 35.0 Å². The van der Waals surface area contributed by atoms with E-state index in [1.807, 2.05) is 20.8 Å². The molecule has 0 saturated heterocycles. The number of halogens is 1. The van der Waals surface area contributed by atoms with E-state index in [1.54, 1.807) is 30.5 Å². The van der Waals surface area contributed by atoms with Gasteiger partial charge in [-0.15, -0.1) is 9.24 Å². The number of hydrogen-bond acceptors (Lipinski definition) is 7. The normalized spacial score (nSPS) is 14.1. The number of aliphatic hydroxyl groups is 2. The molecule has 0 aliphatic heterocycles. The van der Waals surface area contributed by atoms with Crippen LogP contribution in [-0.2, 0) is 0 Å². The Balaban J connectivity index is 0.00000182. The van der Waals surface area contributed by atoms with E-state index < -0.39 is 11.9 Å². The van der Waals surface area contributed by atoms with Crippen LogP contribution in [0.1, 0.15) is 58.2 Å². The molecule has 0 bridgehead atoms. The van der Waals surface area contributed by atoms with Gasteiger partial charge in [-0.3, -0.25) is 0 Å². The van der Waals surface area contributed by atoms with Gasteiger partial charge in [0.25, 0.3) is 0 Å². The molecule has 0 spiro atoms. The molecule has 1 aromatic heterocycles. The molecule has 7 N–H and O–H groups in total. The number of anilines is 1. The van der Waals surface area contributed by atoms with Crippen molar-refractivity contribution in [2.24, 2.45) is 17.4 Å². The van der Waals surface area contributed by atoms with Crippen molar-refractivity contribution in [1.29, 1.82) is 0 Å². The third-order valence-corrected chi connectivity index (χ3v) is 5.38. The molecule has 0 fully saturated rings. The van der Waals surface area contributed by atoms with E-state index in [9.17, 15) is 9.50 Å². The fourth-order valence-electron chi connectivity index (χ4n) is 3.05. The average molecular weight is 492 g/mol. The van der Waals surface area contributed by atoms with E-state index in [4.69, 9.17) is 16.6 Å². The van der Waals surface area contributed by atoms with Gasteiger partial charge >= 0.3 is 0 Å². The first kappa shape index (κ1) is 29.5. The van der Waals surface area contributed by atoms with Gasteiger partial charge in [0.05, 0.1) is 18.4 Å². The number of benzene rings is 1. The summed E-state index contributed by atoms with van der Waals surface area (Å²) in [5, 5.41) is 22.0. The molecule has 0 amide bonds. The molecular weight excluding hydrogens is 452 g/mol. The Kier molecular flexibility index (Phi) is 12.7. The van der Waals surface area contributed by atoms with Crippen LogP contribution in [-0.4, -0.2) is 39.4 Å². The zero-order valence-corrected chi connectivity index (χ0v) is 21.9. The van der Waals surface area contributed by atoms with Crippen molar-refractivity contribution in [3.05, 3.63) is 64.9 Å². The van der Waals surface area contributed by atoms with Gasteiger partial charge in [0.2, 0.25) is 5.95 Å². The van der Waals surface area contributed by atoms with Crippen LogP contribution in [0, 0.1) is 11.7 Å². The van der Waals surface area contributed by atoms with Crippen LogP contribution in [0.3, 0.4) is 0 Å². The molecule has 0 aliphatic carbocycles. The summed E-state index contributed by atoms with van der Waals surface area (Å²) in [4.78, 5) is 8.59. The fraction of sp³-hybridized carbons (Fsp3) is 0.440. The molecule has 1 aromatic carbocycles. The lowest BCUT2D eigenvalue weighted by molar-refractivity contribution is 0.105. The second-order valence-electron chi connectivity index (χ2n) is 8.32. The predicted molar refractivity (Wildman–Crippen MR) is 142 cm³/mol. The number of nitrogens with two attached hydrogens (primary N) is 2. The molecule has 188 valence electrons. The minimum Gasteiger partial charge on any atom is -0.401 e. The van der Waals surface area contributed by atoms with Crippen LogP contribution in [0.4, 0.5) is 10.3 Å². The third kappa shape index (κ3) is 8.67. The highest BCUT2D eigenvalue weighted by molar-refractivity contribution is 7.27. The monoisotopic (exact) mass is 491 g/mol. The van der Waals surface area contributed by atoms with E-state index in [2.05, 4.69) is 38.4 Å². The first-order valence-electron chi connectivity index (χ1n) is 11.4. The Hall–Kier alpha value is -2.54. The number of nitrogens with one attached hydrogen (secondary N) is 1. The number of aliphatic hydroxyl groups excluding tert-OH is 2. The summed E-state index contributed by atoms with van der Waals surface area (Å²) < 4.78 is 14.3. The van der Waals surface area contributed by atoms with E-state index in [1.165, 1.54) is 12.5 Å². The lowest BCUT2D eigenvalue weighted by Crippen LogP contribution is -2.24. The van der Waals surface area contributed by atoms with Crippen LogP contribution in [0.5, 0.6) is 0 Å². The number of rotatable bonds is 9. The summed E-state index contributed by atoms with van der Waals surface area (Å²) in [6.07, 6.45) is 3.66. The second-order valence-corrected chi connectivity index (χ2v) is 8.94. The summed E-state index contributed by atoms with van der Waals surface area (Å²) in [6.45, 7) is 9.91. The lowest BCUT2D eigenvalue weighted by atomic mass is 9.91. The summed E-state index contributed by atoms with van der Waals surface area (Å²) in [6, 6.07) is 6.54. The van der Waals surface area contributed by atoms with E-state index in [0.29, 0.717) is 33.9 Å². The first-order chi connectivity index (χ1) is 16.1. The lowest BCUT2D eigenvalue weighted by Gasteiger charge is -2.19. The molecular formula is C25H39FN5O2P. The predicted octanol–water partition coefficient (Wildman–Crippen LogP) is 3.27. The van der Waals surface area contributed by atoms with Gasteiger partial charge < -0.3 is 27.0 Å². The molecule has 0 saturated carbocycles. The molecule has 0 radical (unpaired) electrons. The van der Waals surface area contributed by atoms with Crippen molar-refractivity contribution in [1.82, 2.24) is 9.97 Å². The minimum atomic E-state index is -0.907. The Morgan fingerprint density at radius 2 is 1.85 bits per heavy atom. The van der Waals surface area contributed by atoms with Gasteiger partial charge in [0, 0.05) is 35.6 Å². The summed E-state index contributed by atoms with van der Waals surface area (Å²) in [5.41, 5.74) is 15.4. The average Bonchev–Trinajstić information content (AvgIpc) is 2.80. The topological polar surface area (TPSA) is 130 Å². The van der Waals surface area contributed by atoms with Crippen LogP contribution < -0.4 is 22.1 Å². The Morgan fingerprint density at radius 1 is 1.21 bits per heavy atom. The zero-order chi connectivity index (χ0) is 25.8. The Bertz CT molecular complexity index is 961. The molecule has 2 unspecified atom stereocenters. The summed E-state index contributed by atoms with van der Waals surface area (Å²) >= 11 is 0. The maximum absolute atomic E-state index is 14.3. The Labute approximate surface area is 204 Å². The van der Waals surface area contributed by atoms with Crippen molar-refractivity contribution in [3.63, 3.8) is 0 Å². The quantitative estimate of drug-likeness (QED) is 0.269. The summed E-state index contributed by atoms with van der Waals surface area (Å²) in [7, 11) is 2.50. The number of aromatic nitrogens is 2. The maximum atomic E-state index is 14.3. The molecule has 1 heterocycles. The highest BCUT2D eigenvalue weighted by Crippen LogP contribution is 2.28. The molecule has 9 heteroatoms. The smallest absolute Gasteiger partial charge is 0.222 e. The number of hydrogen-bond donors (Lipinski definition) is 5. The first-order valence-corrected chi connectivity index (χ1v) is 12.0.